The van der Waals surface area contributed by atoms with E-state index in [0.29, 0.717) is 0 Å². The topological polar surface area (TPSA) is 0 Å². The maximum atomic E-state index is 9.67. The highest BCUT2D eigenvalue weighted by molar-refractivity contribution is 14.1. The van der Waals surface area contributed by atoms with E-state index >= 15 is 0 Å². The van der Waals surface area contributed by atoms with Gasteiger partial charge in [0.1, 0.15) is 0 Å². The van der Waals surface area contributed by atoms with Crippen LogP contribution in [0.1, 0.15) is 26.3 Å². The van der Waals surface area contributed by atoms with Gasteiger partial charge in [-0.3, -0.25) is 0 Å². The van der Waals surface area contributed by atoms with Crippen molar-refractivity contribution < 1.29 is 13.2 Å². The van der Waals surface area contributed by atoms with E-state index in [4.69, 9.17) is 0 Å². The lowest BCUT2D eigenvalue weighted by Gasteiger charge is -2.18. The Kier molecular flexibility index (Phi) is 6.24. The van der Waals surface area contributed by atoms with Crippen molar-refractivity contribution in [1.29, 1.82) is 0 Å². The minimum atomic E-state index is -3.67. The molecule has 86 valence electrons. The zero-order chi connectivity index (χ0) is 12.1. The lowest BCUT2D eigenvalue weighted by atomic mass is 9.87. The van der Waals surface area contributed by atoms with Gasteiger partial charge in [0.05, 0.1) is 0 Å². The monoisotopic (exact) mass is 330 g/mol. The van der Waals surface area contributed by atoms with Gasteiger partial charge in [-0.15, -0.1) is 0 Å². The third-order valence-corrected chi connectivity index (χ3v) is 2.43. The fourth-order valence-corrected chi connectivity index (χ4v) is 1.31. The molecule has 1 rings (SSSR count). The average Bonchev–Trinajstić information content (AvgIpc) is 2.01. The smallest absolute Gasteiger partial charge is 0.174 e. The Labute approximate surface area is 102 Å². The van der Waals surface area contributed by atoms with Crippen LogP contribution in [0.4, 0.5) is 13.2 Å². The predicted octanol–water partition coefficient (Wildman–Crippen LogP) is 4.77. The van der Waals surface area contributed by atoms with Crippen LogP contribution < -0.4 is 0 Å². The van der Waals surface area contributed by atoms with E-state index in [9.17, 15) is 13.2 Å². The zero-order valence-electron chi connectivity index (χ0n) is 8.90. The van der Waals surface area contributed by atoms with E-state index in [2.05, 4.69) is 67.6 Å². The largest absolute Gasteiger partial charge is 0.379 e. The second-order valence-electron chi connectivity index (χ2n) is 4.00. The molecule has 1 aromatic carbocycles. The lowest BCUT2D eigenvalue weighted by Crippen LogP contribution is -2.10. The number of alkyl halides is 3. The van der Waals surface area contributed by atoms with Gasteiger partial charge in [-0.25, -0.2) is 0 Å². The standard InChI is InChI=1S/C10H13I.CHF3/c1-10(2,3)8-4-6-9(11)7-5-8;2-1(3)4/h4-7H,1-3H3;1H. The highest BCUT2D eigenvalue weighted by atomic mass is 127. The van der Waals surface area contributed by atoms with Gasteiger partial charge in [-0.2, -0.15) is 13.2 Å². The van der Waals surface area contributed by atoms with Gasteiger partial charge in [0.15, 0.2) is 0 Å². The van der Waals surface area contributed by atoms with E-state index in [1.807, 2.05) is 0 Å². The van der Waals surface area contributed by atoms with Gasteiger partial charge < -0.3 is 0 Å². The van der Waals surface area contributed by atoms with Crippen molar-refractivity contribution in [2.75, 3.05) is 0 Å². The van der Waals surface area contributed by atoms with Crippen LogP contribution in [0, 0.1) is 3.57 Å². The summed E-state index contributed by atoms with van der Waals surface area (Å²) in [5.41, 5.74) is 1.68. The molecule has 0 aliphatic heterocycles. The molecule has 0 nitrogen and oxygen atoms in total. The summed E-state index contributed by atoms with van der Waals surface area (Å²) >= 11 is 2.32. The minimum Gasteiger partial charge on any atom is -0.174 e. The molecule has 1 aromatic rings. The summed E-state index contributed by atoms with van der Waals surface area (Å²) in [4.78, 5) is 0. The first-order valence-electron chi connectivity index (χ1n) is 4.42. The molecule has 0 N–H and O–H groups in total. The Bertz CT molecular complexity index is 272. The second kappa shape index (κ2) is 6.35. The number of benzene rings is 1. The highest BCUT2D eigenvalue weighted by Crippen LogP contribution is 2.22. The summed E-state index contributed by atoms with van der Waals surface area (Å²) < 4.78 is 30.3. The average molecular weight is 330 g/mol. The number of hydrogen-bond donors (Lipinski definition) is 0. The molecule has 0 radical (unpaired) electrons. The lowest BCUT2D eigenvalue weighted by molar-refractivity contribution is 0.00819. The van der Waals surface area contributed by atoms with Crippen molar-refractivity contribution in [2.24, 2.45) is 0 Å². The molecule has 0 aliphatic rings. The molecule has 0 amide bonds. The molecule has 0 aliphatic carbocycles. The quantitative estimate of drug-likeness (QED) is 0.601. The Hall–Kier alpha value is -0.260. The molecular formula is C11H14F3I. The molecule has 4 heteroatoms. The van der Waals surface area contributed by atoms with E-state index < -0.39 is 6.68 Å². The van der Waals surface area contributed by atoms with Crippen LogP contribution in [-0.2, 0) is 5.41 Å². The summed E-state index contributed by atoms with van der Waals surface area (Å²) in [6, 6.07) is 8.70. The van der Waals surface area contributed by atoms with Crippen molar-refractivity contribution in [3.8, 4) is 0 Å². The van der Waals surface area contributed by atoms with Crippen molar-refractivity contribution in [1.82, 2.24) is 0 Å². The molecule has 0 atom stereocenters. The van der Waals surface area contributed by atoms with Gasteiger partial charge in [-0.05, 0) is 45.7 Å². The Morgan fingerprint density at radius 1 is 1.00 bits per heavy atom. The molecule has 15 heavy (non-hydrogen) atoms. The van der Waals surface area contributed by atoms with Crippen LogP contribution >= 0.6 is 22.6 Å². The number of rotatable bonds is 0. The first-order chi connectivity index (χ1) is 6.73. The molecule has 0 spiro atoms. The SMILES string of the molecule is CC(C)(C)c1ccc(I)cc1.FC(F)F. The first kappa shape index (κ1) is 14.7. The molecule has 0 aromatic heterocycles. The predicted molar refractivity (Wildman–Crippen MR) is 65.0 cm³/mol. The van der Waals surface area contributed by atoms with Gasteiger partial charge in [-0.1, -0.05) is 32.9 Å². The first-order valence-corrected chi connectivity index (χ1v) is 5.49. The van der Waals surface area contributed by atoms with Crippen molar-refractivity contribution in [3.63, 3.8) is 0 Å². The van der Waals surface area contributed by atoms with Crippen LogP contribution in [0.3, 0.4) is 0 Å². The summed E-state index contributed by atoms with van der Waals surface area (Å²) in [5, 5.41) is 0. The van der Waals surface area contributed by atoms with Gasteiger partial charge in [0.25, 0.3) is 0 Å². The number of hydrogen-bond acceptors (Lipinski definition) is 0. The van der Waals surface area contributed by atoms with Crippen LogP contribution in [0.2, 0.25) is 0 Å². The van der Waals surface area contributed by atoms with E-state index in [0.717, 1.165) is 0 Å². The third-order valence-electron chi connectivity index (χ3n) is 1.71. The molecule has 0 saturated heterocycles. The Morgan fingerprint density at radius 3 is 1.60 bits per heavy atom. The van der Waals surface area contributed by atoms with Crippen LogP contribution in [-0.4, -0.2) is 6.68 Å². The Balaban J connectivity index is 0.000000423. The molecule has 0 heterocycles. The van der Waals surface area contributed by atoms with Crippen molar-refractivity contribution in [3.05, 3.63) is 33.4 Å². The third kappa shape index (κ3) is 7.64. The molecule has 0 bridgehead atoms. The van der Waals surface area contributed by atoms with Crippen molar-refractivity contribution in [2.45, 2.75) is 32.9 Å². The zero-order valence-corrected chi connectivity index (χ0v) is 11.1. The van der Waals surface area contributed by atoms with Crippen LogP contribution in [0.15, 0.2) is 24.3 Å². The van der Waals surface area contributed by atoms with Gasteiger partial charge in [0.2, 0.25) is 0 Å². The summed E-state index contributed by atoms with van der Waals surface area (Å²) in [7, 11) is 0. The van der Waals surface area contributed by atoms with E-state index in [-0.39, 0.29) is 5.41 Å². The normalized spacial score (nSPS) is 10.9. The maximum absolute atomic E-state index is 9.67. The summed E-state index contributed by atoms with van der Waals surface area (Å²) in [6.07, 6.45) is 0. The fourth-order valence-electron chi connectivity index (χ4n) is 0.950. The van der Waals surface area contributed by atoms with Crippen LogP contribution in [0.25, 0.3) is 0 Å². The summed E-state index contributed by atoms with van der Waals surface area (Å²) in [5.74, 6) is 0. The van der Waals surface area contributed by atoms with Crippen LogP contribution in [0.5, 0.6) is 0 Å². The summed E-state index contributed by atoms with van der Waals surface area (Å²) in [6.45, 7) is 3.03. The maximum Gasteiger partial charge on any atom is 0.379 e. The fraction of sp³-hybridized carbons (Fsp3) is 0.455. The molecule has 0 unspecified atom stereocenters. The van der Waals surface area contributed by atoms with E-state index in [1.165, 1.54) is 9.13 Å². The minimum absolute atomic E-state index is 0.282. The van der Waals surface area contributed by atoms with E-state index in [1.54, 1.807) is 0 Å². The number of halogens is 4. The highest BCUT2D eigenvalue weighted by Gasteiger charge is 2.12. The molecule has 0 saturated carbocycles. The molecule has 0 fully saturated rings. The molecular weight excluding hydrogens is 316 g/mol. The van der Waals surface area contributed by atoms with Gasteiger partial charge >= 0.3 is 6.68 Å². The Morgan fingerprint density at radius 2 is 1.33 bits per heavy atom. The van der Waals surface area contributed by atoms with Crippen molar-refractivity contribution >= 4 is 22.6 Å². The second-order valence-corrected chi connectivity index (χ2v) is 5.25. The van der Waals surface area contributed by atoms with Gasteiger partial charge in [0, 0.05) is 3.57 Å².